The van der Waals surface area contributed by atoms with E-state index in [0.717, 1.165) is 36.7 Å². The molecule has 0 aliphatic carbocycles. The molecular weight excluding hydrogens is 257 g/mol. The molecular formula is C13H19Cl2NO. The number of aryl methyl sites for hydroxylation is 1. The molecule has 1 rings (SSSR count). The molecule has 0 aliphatic heterocycles. The van der Waals surface area contributed by atoms with Crippen LogP contribution in [0, 0.1) is 6.92 Å². The van der Waals surface area contributed by atoms with Gasteiger partial charge in [-0.2, -0.15) is 0 Å². The van der Waals surface area contributed by atoms with Gasteiger partial charge in [0.05, 0.1) is 6.61 Å². The van der Waals surface area contributed by atoms with Crippen LogP contribution in [-0.2, 0) is 11.3 Å². The number of ether oxygens (including phenoxy) is 1. The van der Waals surface area contributed by atoms with Crippen molar-refractivity contribution < 1.29 is 4.74 Å². The lowest BCUT2D eigenvalue weighted by Crippen LogP contribution is -2.16. The fraction of sp³-hybridized carbons (Fsp3) is 0.538. The van der Waals surface area contributed by atoms with E-state index in [-0.39, 0.29) is 0 Å². The van der Waals surface area contributed by atoms with Crippen LogP contribution in [0.4, 0.5) is 0 Å². The largest absolute Gasteiger partial charge is 0.380 e. The molecule has 0 unspecified atom stereocenters. The maximum atomic E-state index is 6.13. The van der Waals surface area contributed by atoms with Crippen LogP contribution < -0.4 is 5.32 Å². The monoisotopic (exact) mass is 275 g/mol. The second-order valence-electron chi connectivity index (χ2n) is 3.93. The van der Waals surface area contributed by atoms with E-state index in [9.17, 15) is 0 Å². The molecule has 0 saturated carbocycles. The van der Waals surface area contributed by atoms with Gasteiger partial charge in [0.2, 0.25) is 0 Å². The summed E-state index contributed by atoms with van der Waals surface area (Å²) in [7, 11) is 0. The van der Waals surface area contributed by atoms with E-state index in [2.05, 4.69) is 17.4 Å². The number of benzene rings is 1. The summed E-state index contributed by atoms with van der Waals surface area (Å²) in [6.45, 7) is 5.14. The van der Waals surface area contributed by atoms with E-state index in [1.165, 1.54) is 5.56 Å². The Balaban J connectivity index is 2.14. The number of nitrogens with one attached hydrogen (secondary N) is 1. The predicted molar refractivity (Wildman–Crippen MR) is 74.1 cm³/mol. The van der Waals surface area contributed by atoms with Gasteiger partial charge in [0.15, 0.2) is 0 Å². The molecule has 0 atom stereocenters. The normalized spacial score (nSPS) is 10.8. The van der Waals surface area contributed by atoms with Gasteiger partial charge >= 0.3 is 0 Å². The predicted octanol–water partition coefficient (Wildman–Crippen LogP) is 3.38. The SMILES string of the molecule is Cc1ccc(CNCCCOCCCl)c(Cl)c1. The number of hydrogen-bond donors (Lipinski definition) is 1. The van der Waals surface area contributed by atoms with Gasteiger partial charge in [0.25, 0.3) is 0 Å². The Morgan fingerprint density at radius 3 is 2.82 bits per heavy atom. The van der Waals surface area contributed by atoms with Crippen molar-refractivity contribution in [2.75, 3.05) is 25.6 Å². The van der Waals surface area contributed by atoms with Crippen LogP contribution in [0.5, 0.6) is 0 Å². The van der Waals surface area contributed by atoms with Crippen molar-refractivity contribution in [2.45, 2.75) is 19.9 Å². The lowest BCUT2D eigenvalue weighted by atomic mass is 10.1. The van der Waals surface area contributed by atoms with Crippen LogP contribution in [0.2, 0.25) is 5.02 Å². The molecule has 0 aromatic heterocycles. The summed E-state index contributed by atoms with van der Waals surface area (Å²) in [5.41, 5.74) is 2.33. The Morgan fingerprint density at radius 2 is 2.12 bits per heavy atom. The Bertz CT molecular complexity index is 331. The first kappa shape index (κ1) is 14.8. The van der Waals surface area contributed by atoms with Gasteiger partial charge in [-0.3, -0.25) is 0 Å². The molecule has 2 nitrogen and oxygen atoms in total. The smallest absolute Gasteiger partial charge is 0.0601 e. The maximum absolute atomic E-state index is 6.13. The van der Waals surface area contributed by atoms with Crippen molar-refractivity contribution in [1.29, 1.82) is 0 Å². The summed E-state index contributed by atoms with van der Waals surface area (Å²) in [5.74, 6) is 0.562. The highest BCUT2D eigenvalue weighted by Crippen LogP contribution is 2.17. The highest BCUT2D eigenvalue weighted by atomic mass is 35.5. The Hall–Kier alpha value is -0.280. The second kappa shape index (κ2) is 8.76. The number of alkyl halides is 1. The van der Waals surface area contributed by atoms with Crippen molar-refractivity contribution >= 4 is 23.2 Å². The average molecular weight is 276 g/mol. The highest BCUT2D eigenvalue weighted by molar-refractivity contribution is 6.31. The summed E-state index contributed by atoms with van der Waals surface area (Å²) >= 11 is 11.6. The van der Waals surface area contributed by atoms with Gasteiger partial charge in [-0.1, -0.05) is 23.7 Å². The standard InChI is InChI=1S/C13H19Cl2NO/c1-11-3-4-12(13(15)9-11)10-16-6-2-7-17-8-5-14/h3-4,9,16H,2,5-8,10H2,1H3. The highest BCUT2D eigenvalue weighted by Gasteiger charge is 1.99. The third-order valence-corrected chi connectivity index (χ3v) is 2.89. The summed E-state index contributed by atoms with van der Waals surface area (Å²) < 4.78 is 5.28. The molecule has 17 heavy (non-hydrogen) atoms. The summed E-state index contributed by atoms with van der Waals surface area (Å²) in [6, 6.07) is 6.13. The van der Waals surface area contributed by atoms with Crippen molar-refractivity contribution in [3.05, 3.63) is 34.3 Å². The van der Waals surface area contributed by atoms with E-state index in [1.807, 2.05) is 13.0 Å². The molecule has 0 radical (unpaired) electrons. The molecule has 1 aromatic carbocycles. The molecule has 0 bridgehead atoms. The van der Waals surface area contributed by atoms with E-state index >= 15 is 0 Å². The molecule has 0 saturated heterocycles. The zero-order valence-corrected chi connectivity index (χ0v) is 11.7. The molecule has 96 valence electrons. The molecule has 1 N–H and O–H groups in total. The summed E-state index contributed by atoms with van der Waals surface area (Å²) in [4.78, 5) is 0. The zero-order chi connectivity index (χ0) is 12.5. The minimum Gasteiger partial charge on any atom is -0.380 e. The Morgan fingerprint density at radius 1 is 1.29 bits per heavy atom. The molecule has 0 fully saturated rings. The van der Waals surface area contributed by atoms with Crippen molar-refractivity contribution in [2.24, 2.45) is 0 Å². The lowest BCUT2D eigenvalue weighted by molar-refractivity contribution is 0.146. The quantitative estimate of drug-likeness (QED) is 0.580. The molecule has 4 heteroatoms. The fourth-order valence-electron chi connectivity index (χ4n) is 1.47. The Labute approximate surface area is 113 Å². The van der Waals surface area contributed by atoms with Crippen LogP contribution in [0.1, 0.15) is 17.5 Å². The first-order valence-corrected chi connectivity index (χ1v) is 6.74. The van der Waals surface area contributed by atoms with E-state index in [4.69, 9.17) is 27.9 Å². The summed E-state index contributed by atoms with van der Waals surface area (Å²) in [6.07, 6.45) is 0.986. The number of rotatable bonds is 8. The Kier molecular flexibility index (Phi) is 7.62. The van der Waals surface area contributed by atoms with Gasteiger partial charge in [0, 0.05) is 24.1 Å². The number of halogens is 2. The molecule has 0 spiro atoms. The topological polar surface area (TPSA) is 21.3 Å². The first-order chi connectivity index (χ1) is 8.24. The second-order valence-corrected chi connectivity index (χ2v) is 4.71. The fourth-order valence-corrected chi connectivity index (χ4v) is 1.89. The van der Waals surface area contributed by atoms with Crippen molar-refractivity contribution in [3.63, 3.8) is 0 Å². The van der Waals surface area contributed by atoms with Crippen LogP contribution in [0.3, 0.4) is 0 Å². The third-order valence-electron chi connectivity index (χ3n) is 2.39. The van der Waals surface area contributed by atoms with Gasteiger partial charge in [-0.05, 0) is 37.1 Å². The van der Waals surface area contributed by atoms with Crippen LogP contribution in [-0.4, -0.2) is 25.6 Å². The minimum absolute atomic E-state index is 0.562. The van der Waals surface area contributed by atoms with Gasteiger partial charge < -0.3 is 10.1 Å². The third kappa shape index (κ3) is 6.27. The van der Waals surface area contributed by atoms with E-state index < -0.39 is 0 Å². The molecule has 0 heterocycles. The molecule has 0 amide bonds. The van der Waals surface area contributed by atoms with Crippen molar-refractivity contribution in [1.82, 2.24) is 5.32 Å². The van der Waals surface area contributed by atoms with Gasteiger partial charge in [0.1, 0.15) is 0 Å². The van der Waals surface area contributed by atoms with Gasteiger partial charge in [-0.15, -0.1) is 11.6 Å². The van der Waals surface area contributed by atoms with Crippen LogP contribution >= 0.6 is 23.2 Å². The number of hydrogen-bond acceptors (Lipinski definition) is 2. The first-order valence-electron chi connectivity index (χ1n) is 5.83. The average Bonchev–Trinajstić information content (AvgIpc) is 2.30. The minimum atomic E-state index is 0.562. The van der Waals surface area contributed by atoms with Crippen LogP contribution in [0.25, 0.3) is 0 Å². The van der Waals surface area contributed by atoms with Gasteiger partial charge in [-0.25, -0.2) is 0 Å². The summed E-state index contributed by atoms with van der Waals surface area (Å²) in [5, 5.41) is 4.17. The van der Waals surface area contributed by atoms with Crippen LogP contribution in [0.15, 0.2) is 18.2 Å². The molecule has 1 aromatic rings. The van der Waals surface area contributed by atoms with E-state index in [1.54, 1.807) is 0 Å². The zero-order valence-electron chi connectivity index (χ0n) is 10.1. The lowest BCUT2D eigenvalue weighted by Gasteiger charge is -2.07. The molecule has 0 aliphatic rings. The van der Waals surface area contributed by atoms with Crippen molar-refractivity contribution in [3.8, 4) is 0 Å². The van der Waals surface area contributed by atoms with E-state index in [0.29, 0.717) is 12.5 Å². The maximum Gasteiger partial charge on any atom is 0.0601 e.